The third-order valence-corrected chi connectivity index (χ3v) is 5.89. The van der Waals surface area contributed by atoms with E-state index in [9.17, 15) is 9.59 Å². The fourth-order valence-electron chi connectivity index (χ4n) is 4.50. The normalized spacial score (nSPS) is 32.9. The standard InChI is InChI=1S/C20H26O4/c1-20-12-6-9-17(24-13-14-7-4-3-5-8-14)16(20)11-10-15(18(20)21)19(22)23-2/h3-5,7-8,15-17H,6,9-13H2,1-2H3/t15?,16-,17+,20?/m0/s1. The van der Waals surface area contributed by atoms with Crippen molar-refractivity contribution in [1.82, 2.24) is 0 Å². The number of ketones is 1. The molecule has 0 bridgehead atoms. The first kappa shape index (κ1) is 17.2. The van der Waals surface area contributed by atoms with Crippen LogP contribution in [0.4, 0.5) is 0 Å². The van der Waals surface area contributed by atoms with E-state index in [0.717, 1.165) is 31.2 Å². The molecule has 0 amide bonds. The van der Waals surface area contributed by atoms with Crippen molar-refractivity contribution in [1.29, 1.82) is 0 Å². The Labute approximate surface area is 143 Å². The Morgan fingerprint density at radius 3 is 2.67 bits per heavy atom. The summed E-state index contributed by atoms with van der Waals surface area (Å²) in [7, 11) is 1.36. The van der Waals surface area contributed by atoms with E-state index in [1.807, 2.05) is 25.1 Å². The highest BCUT2D eigenvalue weighted by Crippen LogP contribution is 2.50. The van der Waals surface area contributed by atoms with Gasteiger partial charge in [-0.1, -0.05) is 37.3 Å². The summed E-state index contributed by atoms with van der Waals surface area (Å²) in [6.07, 6.45) is 4.31. The Bertz CT molecular complexity index is 597. The van der Waals surface area contributed by atoms with Gasteiger partial charge in [-0.15, -0.1) is 0 Å². The molecular formula is C20H26O4. The number of hydrogen-bond acceptors (Lipinski definition) is 4. The smallest absolute Gasteiger partial charge is 0.316 e. The lowest BCUT2D eigenvalue weighted by Crippen LogP contribution is -2.53. The second kappa shape index (κ2) is 7.06. The number of carbonyl (C=O) groups excluding carboxylic acids is 2. The van der Waals surface area contributed by atoms with Crippen LogP contribution in [0.25, 0.3) is 0 Å². The average molecular weight is 330 g/mol. The van der Waals surface area contributed by atoms with Gasteiger partial charge in [0, 0.05) is 5.41 Å². The van der Waals surface area contributed by atoms with E-state index in [0.29, 0.717) is 13.0 Å². The molecule has 1 aromatic rings. The predicted molar refractivity (Wildman–Crippen MR) is 90.2 cm³/mol. The van der Waals surface area contributed by atoms with Gasteiger partial charge in [0.15, 0.2) is 5.78 Å². The molecule has 2 fully saturated rings. The molecule has 4 heteroatoms. The molecule has 2 saturated carbocycles. The van der Waals surface area contributed by atoms with E-state index in [1.54, 1.807) is 0 Å². The summed E-state index contributed by atoms with van der Waals surface area (Å²) in [5, 5.41) is 0. The predicted octanol–water partition coefficient (Wildman–Crippen LogP) is 3.53. The van der Waals surface area contributed by atoms with Crippen LogP contribution in [0.5, 0.6) is 0 Å². The number of benzene rings is 1. The third-order valence-electron chi connectivity index (χ3n) is 5.89. The van der Waals surface area contributed by atoms with Crippen LogP contribution < -0.4 is 0 Å². The molecule has 0 radical (unpaired) electrons. The fourth-order valence-corrected chi connectivity index (χ4v) is 4.50. The summed E-state index contributed by atoms with van der Waals surface area (Å²) >= 11 is 0. The first-order valence-corrected chi connectivity index (χ1v) is 8.84. The lowest BCUT2D eigenvalue weighted by Gasteiger charge is -2.49. The number of carbonyl (C=O) groups is 2. The lowest BCUT2D eigenvalue weighted by molar-refractivity contribution is -0.165. The number of esters is 1. The maximum atomic E-state index is 12.9. The number of methoxy groups -OCH3 is 1. The van der Waals surface area contributed by atoms with Crippen molar-refractivity contribution in [2.75, 3.05) is 7.11 Å². The van der Waals surface area contributed by atoms with Crippen LogP contribution in [0.15, 0.2) is 30.3 Å². The molecule has 0 saturated heterocycles. The lowest BCUT2D eigenvalue weighted by atomic mass is 9.56. The van der Waals surface area contributed by atoms with Gasteiger partial charge in [0.25, 0.3) is 0 Å². The van der Waals surface area contributed by atoms with Gasteiger partial charge < -0.3 is 9.47 Å². The Morgan fingerprint density at radius 1 is 1.21 bits per heavy atom. The molecule has 1 aromatic carbocycles. The Kier molecular flexibility index (Phi) is 5.04. The Hall–Kier alpha value is -1.68. The second-order valence-electron chi connectivity index (χ2n) is 7.27. The number of ether oxygens (including phenoxy) is 2. The zero-order valence-electron chi connectivity index (χ0n) is 14.5. The largest absolute Gasteiger partial charge is 0.468 e. The molecule has 3 rings (SSSR count). The van der Waals surface area contributed by atoms with Crippen molar-refractivity contribution in [2.45, 2.75) is 51.7 Å². The van der Waals surface area contributed by atoms with Crippen LogP contribution in [-0.2, 0) is 25.7 Å². The van der Waals surface area contributed by atoms with Gasteiger partial charge in [0.05, 0.1) is 19.8 Å². The highest BCUT2D eigenvalue weighted by atomic mass is 16.5. The van der Waals surface area contributed by atoms with Crippen molar-refractivity contribution in [3.8, 4) is 0 Å². The summed E-state index contributed by atoms with van der Waals surface area (Å²) in [5.41, 5.74) is 0.691. The first-order valence-electron chi connectivity index (χ1n) is 8.84. The van der Waals surface area contributed by atoms with Gasteiger partial charge in [-0.25, -0.2) is 0 Å². The monoisotopic (exact) mass is 330 g/mol. The highest BCUT2D eigenvalue weighted by Gasteiger charge is 2.54. The summed E-state index contributed by atoms with van der Waals surface area (Å²) < 4.78 is 11.0. The van der Waals surface area contributed by atoms with E-state index in [4.69, 9.17) is 9.47 Å². The minimum absolute atomic E-state index is 0.0543. The van der Waals surface area contributed by atoms with E-state index in [2.05, 4.69) is 12.1 Å². The molecule has 0 heterocycles. The molecule has 0 spiro atoms. The molecule has 24 heavy (non-hydrogen) atoms. The van der Waals surface area contributed by atoms with E-state index in [-0.39, 0.29) is 23.8 Å². The molecule has 4 atom stereocenters. The van der Waals surface area contributed by atoms with E-state index < -0.39 is 11.3 Å². The maximum Gasteiger partial charge on any atom is 0.316 e. The number of hydrogen-bond donors (Lipinski definition) is 0. The van der Waals surface area contributed by atoms with Crippen molar-refractivity contribution in [3.63, 3.8) is 0 Å². The zero-order valence-corrected chi connectivity index (χ0v) is 14.5. The summed E-state index contributed by atoms with van der Waals surface area (Å²) in [5.74, 6) is -0.724. The number of fused-ring (bicyclic) bond motifs is 1. The Morgan fingerprint density at radius 2 is 1.96 bits per heavy atom. The van der Waals surface area contributed by atoms with Gasteiger partial charge in [-0.2, -0.15) is 0 Å². The average Bonchev–Trinajstić information content (AvgIpc) is 2.61. The van der Waals surface area contributed by atoms with Crippen LogP contribution in [-0.4, -0.2) is 25.0 Å². The van der Waals surface area contributed by atoms with Crippen LogP contribution in [0.2, 0.25) is 0 Å². The van der Waals surface area contributed by atoms with Crippen molar-refractivity contribution in [2.24, 2.45) is 17.3 Å². The minimum Gasteiger partial charge on any atom is -0.468 e. The Balaban J connectivity index is 1.71. The van der Waals surface area contributed by atoms with E-state index >= 15 is 0 Å². The van der Waals surface area contributed by atoms with Gasteiger partial charge >= 0.3 is 5.97 Å². The van der Waals surface area contributed by atoms with Crippen molar-refractivity contribution in [3.05, 3.63) is 35.9 Å². The van der Waals surface area contributed by atoms with Crippen molar-refractivity contribution < 1.29 is 19.1 Å². The summed E-state index contributed by atoms with van der Waals surface area (Å²) in [4.78, 5) is 24.9. The molecule has 2 aliphatic carbocycles. The summed E-state index contributed by atoms with van der Waals surface area (Å²) in [6.45, 7) is 2.60. The molecule has 4 nitrogen and oxygen atoms in total. The number of Topliss-reactive ketones (excluding diaryl/α,β-unsaturated/α-hetero) is 1. The van der Waals surface area contributed by atoms with Crippen LogP contribution in [0.3, 0.4) is 0 Å². The third kappa shape index (κ3) is 3.12. The van der Waals surface area contributed by atoms with Gasteiger partial charge in [-0.05, 0) is 43.6 Å². The van der Waals surface area contributed by atoms with Gasteiger partial charge in [0.1, 0.15) is 5.92 Å². The molecule has 0 aromatic heterocycles. The SMILES string of the molecule is COC(=O)C1CC[C@H]2[C@H](OCc3ccccc3)CCCC2(C)C1=O. The minimum atomic E-state index is -0.593. The molecule has 0 aliphatic heterocycles. The quantitative estimate of drug-likeness (QED) is 0.626. The highest BCUT2D eigenvalue weighted by molar-refractivity contribution is 6.02. The van der Waals surface area contributed by atoms with Crippen molar-refractivity contribution >= 4 is 11.8 Å². The topological polar surface area (TPSA) is 52.6 Å². The van der Waals surface area contributed by atoms with Gasteiger partial charge in [-0.3, -0.25) is 9.59 Å². The molecule has 130 valence electrons. The zero-order chi connectivity index (χ0) is 17.2. The van der Waals surface area contributed by atoms with Crippen LogP contribution >= 0.6 is 0 Å². The van der Waals surface area contributed by atoms with Crippen LogP contribution in [0, 0.1) is 17.3 Å². The fraction of sp³-hybridized carbons (Fsp3) is 0.600. The number of rotatable bonds is 4. The van der Waals surface area contributed by atoms with E-state index in [1.165, 1.54) is 7.11 Å². The molecule has 2 unspecified atom stereocenters. The van der Waals surface area contributed by atoms with Gasteiger partial charge in [0.2, 0.25) is 0 Å². The first-order chi connectivity index (χ1) is 11.6. The molecule has 0 N–H and O–H groups in total. The maximum absolute atomic E-state index is 12.9. The molecule has 2 aliphatic rings. The second-order valence-corrected chi connectivity index (χ2v) is 7.27. The van der Waals surface area contributed by atoms with Crippen LogP contribution in [0.1, 0.15) is 44.6 Å². The summed E-state index contributed by atoms with van der Waals surface area (Å²) in [6, 6.07) is 10.1. The molecular weight excluding hydrogens is 304 g/mol.